The Bertz CT molecular complexity index is 2550. The van der Waals surface area contributed by atoms with E-state index in [-0.39, 0.29) is 21.1 Å². The smallest absolute Gasteiger partial charge is 0.145 e. The molecule has 6 aromatic carbocycles. The van der Waals surface area contributed by atoms with Crippen LogP contribution in [0.4, 0.5) is 17.1 Å². The third kappa shape index (κ3) is 5.60. The van der Waals surface area contributed by atoms with Crippen LogP contribution in [-0.2, 0) is 21.1 Å². The zero-order valence-corrected chi connectivity index (χ0v) is 31.8. The van der Waals surface area contributed by atoms with Gasteiger partial charge in [0.05, 0.1) is 15.1 Å². The average molecular weight is 859 g/mol. The third-order valence-corrected chi connectivity index (χ3v) is 13.2. The van der Waals surface area contributed by atoms with Gasteiger partial charge in [-0.1, -0.05) is 104 Å². The Balaban J connectivity index is 0.00000374. The average Bonchev–Trinajstić information content (AvgIpc) is 3.69. The normalized spacial score (nSPS) is 12.7. The van der Waals surface area contributed by atoms with Crippen molar-refractivity contribution in [3.8, 4) is 28.1 Å². The molecule has 2 aromatic heterocycles. The summed E-state index contributed by atoms with van der Waals surface area (Å²) in [5.41, 5.74) is 9.91. The summed E-state index contributed by atoms with van der Waals surface area (Å²) in [5.74, 6) is 0.872. The van der Waals surface area contributed by atoms with Crippen molar-refractivity contribution in [2.45, 2.75) is 13.1 Å². The molecule has 0 saturated heterocycles. The van der Waals surface area contributed by atoms with Gasteiger partial charge in [-0.05, 0) is 58.0 Å². The molecule has 51 heavy (non-hydrogen) atoms. The monoisotopic (exact) mass is 858 g/mol. The summed E-state index contributed by atoms with van der Waals surface area (Å²) < 4.78 is 2.28. The molecule has 0 saturated carbocycles. The number of benzene rings is 6. The van der Waals surface area contributed by atoms with E-state index in [0.29, 0.717) is 0 Å². The fraction of sp³-hybridized carbons (Fsp3) is 0.0682. The maximum absolute atomic E-state index is 4.97. The van der Waals surface area contributed by atoms with Crippen molar-refractivity contribution in [3.63, 3.8) is 0 Å². The van der Waals surface area contributed by atoms with E-state index in [1.165, 1.54) is 37.8 Å². The van der Waals surface area contributed by atoms with Gasteiger partial charge in [-0.3, -0.25) is 0 Å². The first-order valence-electron chi connectivity index (χ1n) is 16.9. The summed E-state index contributed by atoms with van der Waals surface area (Å²) in [6.45, 7) is 4.77. The van der Waals surface area contributed by atoms with Gasteiger partial charge in [-0.25, -0.2) is 4.98 Å². The maximum atomic E-state index is 4.97. The molecule has 0 radical (unpaired) electrons. The predicted molar refractivity (Wildman–Crippen MR) is 209 cm³/mol. The first kappa shape index (κ1) is 32.9. The number of nitrogens with zero attached hydrogens (tertiary/aromatic N) is 4. The fourth-order valence-electron chi connectivity index (χ4n) is 7.22. The number of rotatable bonds is 6. The van der Waals surface area contributed by atoms with Crippen molar-refractivity contribution in [2.75, 3.05) is 17.2 Å². The Labute approximate surface area is 313 Å². The number of anilines is 3. The Hall–Kier alpha value is -5.26. The second-order valence-electron chi connectivity index (χ2n) is 13.3. The Morgan fingerprint density at radius 1 is 0.608 bits per heavy atom. The van der Waals surface area contributed by atoms with Gasteiger partial charge in [0, 0.05) is 38.5 Å². The molecule has 0 bridgehead atoms. The van der Waals surface area contributed by atoms with Crippen molar-refractivity contribution >= 4 is 57.3 Å². The molecule has 8 aromatic rings. The molecule has 3 heterocycles. The molecule has 1 aliphatic rings. The number of hydrogen-bond acceptors (Lipinski definition) is 3. The van der Waals surface area contributed by atoms with Crippen LogP contribution in [0.5, 0.6) is 0 Å². The summed E-state index contributed by atoms with van der Waals surface area (Å²) in [4.78, 5) is 9.79. The number of fused-ring (bicyclic) bond motifs is 4. The van der Waals surface area contributed by atoms with E-state index < -0.39 is 8.07 Å². The molecule has 1 N–H and O–H groups in total. The first-order valence-corrected chi connectivity index (χ1v) is 19.9. The zero-order chi connectivity index (χ0) is 33.8. The third-order valence-electron chi connectivity index (χ3n) is 9.92. The minimum absolute atomic E-state index is 0. The molecule has 9 rings (SSSR count). The van der Waals surface area contributed by atoms with E-state index in [9.17, 15) is 0 Å². The van der Waals surface area contributed by atoms with Gasteiger partial charge in [0.15, 0.2) is 0 Å². The number of aromatic nitrogens is 2. The SMILES string of the molecule is CN1[OH+]N(c2[c-]c([Si](C)(C)c3[c-]c4c(cc3)c3ccccc3n4-c3cc(-c4ccccc4-c4ccccc4)ccn3)ccc2)c2ccccc21.[Pt]. The van der Waals surface area contributed by atoms with Crippen LogP contribution in [0.3, 0.4) is 0 Å². The van der Waals surface area contributed by atoms with Crippen LogP contribution in [0.15, 0.2) is 152 Å². The van der Waals surface area contributed by atoms with Crippen LogP contribution >= 0.6 is 0 Å². The van der Waals surface area contributed by atoms with Gasteiger partial charge in [-0.2, -0.15) is 51.7 Å². The van der Waals surface area contributed by atoms with Gasteiger partial charge >= 0.3 is 0 Å². The van der Waals surface area contributed by atoms with E-state index in [0.717, 1.165) is 39.5 Å². The largest absolute Gasteiger partial charge is 0.319 e. The Morgan fingerprint density at radius 3 is 2.12 bits per heavy atom. The van der Waals surface area contributed by atoms with E-state index >= 15 is 0 Å². The Morgan fingerprint density at radius 2 is 1.29 bits per heavy atom. The van der Waals surface area contributed by atoms with E-state index in [1.807, 2.05) is 29.4 Å². The molecular formula is C44H35N4OPtSi-. The van der Waals surface area contributed by atoms with Crippen LogP contribution in [0.1, 0.15) is 0 Å². The van der Waals surface area contributed by atoms with Gasteiger partial charge in [0.2, 0.25) is 0 Å². The molecule has 0 spiro atoms. The van der Waals surface area contributed by atoms with Crippen molar-refractivity contribution < 1.29 is 26.0 Å². The molecule has 7 heteroatoms. The van der Waals surface area contributed by atoms with Crippen molar-refractivity contribution in [3.05, 3.63) is 164 Å². The molecule has 0 aliphatic carbocycles. The van der Waals surface area contributed by atoms with Gasteiger partial charge < -0.3 is 4.57 Å². The topological polar surface area (TPSA) is 37.1 Å². The minimum Gasteiger partial charge on any atom is -0.319 e. The summed E-state index contributed by atoms with van der Waals surface area (Å²) >= 11 is 0. The molecular weight excluding hydrogens is 824 g/mol. The zero-order valence-electron chi connectivity index (χ0n) is 28.5. The standard InChI is InChI=1S/C44H34N4OSi.Pt/c1-46-41-22-11-12-23-42(41)48(49-46)33-16-13-17-34(29-33)50(2,3)35-24-25-39-38-20-9-10-21-40(38)47(43(39)30-35)44-28-32(26-27-45-44)37-19-8-7-18-36(37)31-14-5-4-6-15-31;/h4-28H,1-3H3;/q-2;/p+1. The number of para-hydroxylation sites is 3. The van der Waals surface area contributed by atoms with Crippen molar-refractivity contribution in [1.29, 1.82) is 0 Å². The van der Waals surface area contributed by atoms with E-state index in [1.54, 1.807) is 0 Å². The molecule has 0 unspecified atom stereocenters. The summed E-state index contributed by atoms with van der Waals surface area (Å²) in [5, 5.41) is 8.68. The molecule has 0 amide bonds. The van der Waals surface area contributed by atoms with Crippen LogP contribution in [0.2, 0.25) is 13.1 Å². The fourth-order valence-corrected chi connectivity index (χ4v) is 9.40. The second kappa shape index (κ2) is 13.1. The molecule has 5 nitrogen and oxygen atoms in total. The first-order chi connectivity index (χ1) is 24.5. The molecule has 1 aliphatic heterocycles. The van der Waals surface area contributed by atoms with Crippen LogP contribution in [-0.4, -0.2) is 29.6 Å². The minimum atomic E-state index is -2.27. The predicted octanol–water partition coefficient (Wildman–Crippen LogP) is 9.36. The molecule has 252 valence electrons. The van der Waals surface area contributed by atoms with Crippen LogP contribution < -0.4 is 20.5 Å². The summed E-state index contributed by atoms with van der Waals surface area (Å²) in [6.07, 6.45) is 1.93. The van der Waals surface area contributed by atoms with E-state index in [2.05, 4.69) is 169 Å². The van der Waals surface area contributed by atoms with Crippen LogP contribution in [0, 0.1) is 12.1 Å². The number of hydrogen-bond donors (Lipinski definition) is 0. The quantitative estimate of drug-likeness (QED) is 0.0951. The summed E-state index contributed by atoms with van der Waals surface area (Å²) in [7, 11) is -0.288. The summed E-state index contributed by atoms with van der Waals surface area (Å²) in [6, 6.07) is 59.1. The van der Waals surface area contributed by atoms with Crippen molar-refractivity contribution in [1.82, 2.24) is 9.55 Å². The van der Waals surface area contributed by atoms with E-state index in [4.69, 9.17) is 9.92 Å². The maximum Gasteiger partial charge on any atom is 0.145 e. The van der Waals surface area contributed by atoms with Gasteiger partial charge in [0.25, 0.3) is 0 Å². The van der Waals surface area contributed by atoms with Gasteiger partial charge in [0.1, 0.15) is 17.2 Å². The van der Waals surface area contributed by atoms with Crippen molar-refractivity contribution in [2.24, 2.45) is 0 Å². The second-order valence-corrected chi connectivity index (χ2v) is 17.6. The number of hydroxylamine groups is 1. The number of pyridine rings is 1. The Kier molecular flexibility index (Phi) is 8.47. The molecule has 0 atom stereocenters. The van der Waals surface area contributed by atoms with Crippen LogP contribution in [0.25, 0.3) is 49.9 Å². The van der Waals surface area contributed by atoms with Gasteiger partial charge in [-0.15, -0.1) is 21.6 Å². The molecule has 0 fully saturated rings.